The van der Waals surface area contributed by atoms with E-state index in [-0.39, 0.29) is 24.5 Å². The predicted molar refractivity (Wildman–Crippen MR) is 131 cm³/mol. The van der Waals surface area contributed by atoms with Gasteiger partial charge < -0.3 is 15.0 Å². The van der Waals surface area contributed by atoms with Gasteiger partial charge >= 0.3 is 0 Å². The molecule has 0 aliphatic carbocycles. The van der Waals surface area contributed by atoms with Crippen LogP contribution in [0.2, 0.25) is 0 Å². The lowest BCUT2D eigenvalue weighted by Gasteiger charge is -2.32. The molecule has 1 atom stereocenters. The number of amides is 2. The highest BCUT2D eigenvalue weighted by atomic mass is 16.5. The molecule has 0 bridgehead atoms. The van der Waals surface area contributed by atoms with Gasteiger partial charge in [-0.1, -0.05) is 78.4 Å². The molecule has 0 aliphatic rings. The van der Waals surface area contributed by atoms with Crippen LogP contribution in [0.1, 0.15) is 30.5 Å². The normalized spacial score (nSPS) is 11.6. The van der Waals surface area contributed by atoms with Crippen molar-refractivity contribution in [3.05, 3.63) is 102 Å². The molecule has 1 N–H and O–H groups in total. The van der Waals surface area contributed by atoms with E-state index in [2.05, 4.69) is 5.32 Å². The van der Waals surface area contributed by atoms with Crippen molar-refractivity contribution in [3.63, 3.8) is 0 Å². The Hall–Kier alpha value is -3.60. The third kappa shape index (κ3) is 7.49. The molecule has 0 radical (unpaired) electrons. The molecule has 1 unspecified atom stereocenters. The van der Waals surface area contributed by atoms with Gasteiger partial charge in [-0.25, -0.2) is 0 Å². The molecule has 5 nitrogen and oxygen atoms in total. The zero-order chi connectivity index (χ0) is 23.6. The number of hydrogen-bond donors (Lipinski definition) is 1. The second-order valence-corrected chi connectivity index (χ2v) is 8.48. The summed E-state index contributed by atoms with van der Waals surface area (Å²) in [7, 11) is 0. The summed E-state index contributed by atoms with van der Waals surface area (Å²) in [5.74, 6) is 0.215. The van der Waals surface area contributed by atoms with Gasteiger partial charge in [0.05, 0.1) is 0 Å². The zero-order valence-electron chi connectivity index (χ0n) is 19.5. The molecule has 3 aromatic carbocycles. The van der Waals surface area contributed by atoms with Crippen molar-refractivity contribution in [3.8, 4) is 5.75 Å². The Morgan fingerprint density at radius 1 is 0.848 bits per heavy atom. The summed E-state index contributed by atoms with van der Waals surface area (Å²) in [4.78, 5) is 28.3. The zero-order valence-corrected chi connectivity index (χ0v) is 19.5. The monoisotopic (exact) mass is 444 g/mol. The van der Waals surface area contributed by atoms with Crippen molar-refractivity contribution in [2.24, 2.45) is 0 Å². The Morgan fingerprint density at radius 3 is 2.00 bits per heavy atom. The summed E-state index contributed by atoms with van der Waals surface area (Å²) in [6, 6.07) is 26.4. The van der Waals surface area contributed by atoms with Crippen LogP contribution < -0.4 is 10.1 Å². The Morgan fingerprint density at radius 2 is 1.42 bits per heavy atom. The quantitative estimate of drug-likeness (QED) is 0.500. The molecular formula is C28H32N2O3. The lowest BCUT2D eigenvalue weighted by molar-refractivity contribution is -0.143. The molecule has 3 rings (SSSR count). The summed E-state index contributed by atoms with van der Waals surface area (Å²) in [6.07, 6.45) is 0.419. The fraction of sp³-hybridized carbons (Fsp3) is 0.286. The molecule has 0 heterocycles. The Bertz CT molecular complexity index is 1020. The molecule has 0 aliphatic heterocycles. The number of carbonyl (C=O) groups excluding carboxylic acids is 2. The Labute approximate surface area is 196 Å². The Kier molecular flexibility index (Phi) is 8.64. The number of nitrogens with zero attached hydrogens (tertiary/aromatic N) is 1. The molecule has 3 aromatic rings. The number of nitrogens with one attached hydrogen (secondary N) is 1. The fourth-order valence-corrected chi connectivity index (χ4v) is 3.58. The molecule has 0 fully saturated rings. The van der Waals surface area contributed by atoms with E-state index >= 15 is 0 Å². The second kappa shape index (κ2) is 11.9. The van der Waals surface area contributed by atoms with Crippen LogP contribution in [0.25, 0.3) is 0 Å². The molecule has 0 saturated carbocycles. The van der Waals surface area contributed by atoms with Gasteiger partial charge in [0.1, 0.15) is 11.8 Å². The van der Waals surface area contributed by atoms with Crippen molar-refractivity contribution >= 4 is 11.8 Å². The van der Waals surface area contributed by atoms with Crippen molar-refractivity contribution in [2.75, 3.05) is 6.61 Å². The van der Waals surface area contributed by atoms with E-state index in [1.54, 1.807) is 4.90 Å². The summed E-state index contributed by atoms with van der Waals surface area (Å²) in [5.41, 5.74) is 3.07. The summed E-state index contributed by atoms with van der Waals surface area (Å²) in [6.45, 7) is 6.01. The van der Waals surface area contributed by atoms with Crippen LogP contribution in [0, 0.1) is 6.92 Å². The maximum absolute atomic E-state index is 13.4. The van der Waals surface area contributed by atoms with Crippen molar-refractivity contribution in [2.45, 2.75) is 45.8 Å². The minimum absolute atomic E-state index is 0.0340. The largest absolute Gasteiger partial charge is 0.484 e. The average molecular weight is 445 g/mol. The highest BCUT2D eigenvalue weighted by molar-refractivity contribution is 5.88. The average Bonchev–Trinajstić information content (AvgIpc) is 2.81. The maximum Gasteiger partial charge on any atom is 0.261 e. The van der Waals surface area contributed by atoms with Gasteiger partial charge in [0, 0.05) is 19.0 Å². The van der Waals surface area contributed by atoms with Crippen LogP contribution in [0.15, 0.2) is 84.9 Å². The smallest absolute Gasteiger partial charge is 0.261 e. The van der Waals surface area contributed by atoms with Gasteiger partial charge in [-0.15, -0.1) is 0 Å². The van der Waals surface area contributed by atoms with Crippen LogP contribution >= 0.6 is 0 Å². The molecule has 0 aromatic heterocycles. The number of hydrogen-bond acceptors (Lipinski definition) is 3. The van der Waals surface area contributed by atoms with Crippen LogP contribution in [-0.4, -0.2) is 35.4 Å². The second-order valence-electron chi connectivity index (χ2n) is 8.48. The third-order valence-electron chi connectivity index (χ3n) is 5.28. The first-order chi connectivity index (χ1) is 15.9. The minimum atomic E-state index is -0.663. The highest BCUT2D eigenvalue weighted by Crippen LogP contribution is 2.17. The van der Waals surface area contributed by atoms with Gasteiger partial charge in [-0.05, 0) is 44.0 Å². The lowest BCUT2D eigenvalue weighted by atomic mass is 10.0. The van der Waals surface area contributed by atoms with E-state index < -0.39 is 6.04 Å². The number of rotatable bonds is 10. The molecule has 2 amide bonds. The van der Waals surface area contributed by atoms with E-state index in [9.17, 15) is 9.59 Å². The lowest BCUT2D eigenvalue weighted by Crippen LogP contribution is -2.52. The van der Waals surface area contributed by atoms with E-state index in [4.69, 9.17) is 4.74 Å². The first-order valence-electron chi connectivity index (χ1n) is 11.3. The molecule has 172 valence electrons. The number of ether oxygens (including phenoxy) is 1. The van der Waals surface area contributed by atoms with E-state index in [0.29, 0.717) is 18.7 Å². The van der Waals surface area contributed by atoms with Crippen molar-refractivity contribution in [1.29, 1.82) is 0 Å². The number of benzene rings is 3. The van der Waals surface area contributed by atoms with Gasteiger partial charge in [0.25, 0.3) is 5.91 Å². The van der Waals surface area contributed by atoms with Gasteiger partial charge in [0.2, 0.25) is 5.91 Å². The molecule has 5 heteroatoms. The van der Waals surface area contributed by atoms with Crippen LogP contribution in [0.4, 0.5) is 0 Å². The number of aryl methyl sites for hydroxylation is 1. The first kappa shape index (κ1) is 24.1. The van der Waals surface area contributed by atoms with Crippen LogP contribution in [-0.2, 0) is 22.6 Å². The van der Waals surface area contributed by atoms with Crippen LogP contribution in [0.3, 0.4) is 0 Å². The molecule has 0 saturated heterocycles. The highest BCUT2D eigenvalue weighted by Gasteiger charge is 2.31. The topological polar surface area (TPSA) is 58.6 Å². The van der Waals surface area contributed by atoms with Gasteiger partial charge in [0.15, 0.2) is 6.61 Å². The van der Waals surface area contributed by atoms with Crippen LogP contribution in [0.5, 0.6) is 5.75 Å². The van der Waals surface area contributed by atoms with Crippen molar-refractivity contribution < 1.29 is 14.3 Å². The maximum atomic E-state index is 13.4. The van der Waals surface area contributed by atoms with E-state index in [1.165, 1.54) is 0 Å². The Balaban J connectivity index is 1.87. The van der Waals surface area contributed by atoms with Gasteiger partial charge in [-0.3, -0.25) is 9.59 Å². The summed E-state index contributed by atoms with van der Waals surface area (Å²) in [5, 5.41) is 2.99. The van der Waals surface area contributed by atoms with E-state index in [1.807, 2.05) is 106 Å². The minimum Gasteiger partial charge on any atom is -0.484 e. The summed E-state index contributed by atoms with van der Waals surface area (Å²) >= 11 is 0. The predicted octanol–water partition coefficient (Wildman–Crippen LogP) is 4.54. The van der Waals surface area contributed by atoms with E-state index in [0.717, 1.165) is 16.7 Å². The van der Waals surface area contributed by atoms with Gasteiger partial charge in [-0.2, -0.15) is 0 Å². The fourth-order valence-electron chi connectivity index (χ4n) is 3.58. The first-order valence-corrected chi connectivity index (χ1v) is 11.3. The summed E-state index contributed by atoms with van der Waals surface area (Å²) < 4.78 is 5.78. The number of carbonyl (C=O) groups is 2. The molecular weight excluding hydrogens is 412 g/mol. The molecule has 0 spiro atoms. The molecule has 33 heavy (non-hydrogen) atoms. The standard InChI is InChI=1S/C28H32N2O3/c1-21(2)29-28(32)26(18-23-10-6-4-7-11-23)30(19-24-12-8-5-9-13-24)27(31)20-33-25-16-14-22(3)15-17-25/h4-17,21,26H,18-20H2,1-3H3,(H,29,32). The SMILES string of the molecule is Cc1ccc(OCC(=O)N(Cc2ccccc2)C(Cc2ccccc2)C(=O)NC(C)C)cc1. The third-order valence-corrected chi connectivity index (χ3v) is 5.28. The van der Waals surface area contributed by atoms with Crippen molar-refractivity contribution in [1.82, 2.24) is 10.2 Å².